The number of aryl methyl sites for hydroxylation is 1. The third-order valence-electron chi connectivity index (χ3n) is 4.81. The predicted molar refractivity (Wildman–Crippen MR) is 91.6 cm³/mol. The minimum absolute atomic E-state index is 0.166. The molecule has 1 saturated heterocycles. The molecule has 142 valence electrons. The number of urea groups is 1. The van der Waals surface area contributed by atoms with E-state index >= 15 is 0 Å². The second-order valence-corrected chi connectivity index (χ2v) is 6.37. The maximum atomic E-state index is 12.8. The number of hydrogen-bond acceptors (Lipinski definition) is 3. The Labute approximate surface area is 149 Å². The van der Waals surface area contributed by atoms with Gasteiger partial charge in [-0.25, -0.2) is 9.78 Å². The second kappa shape index (κ2) is 7.14. The zero-order valence-electron chi connectivity index (χ0n) is 14.8. The number of alkyl halides is 3. The van der Waals surface area contributed by atoms with E-state index in [1.807, 2.05) is 0 Å². The summed E-state index contributed by atoms with van der Waals surface area (Å²) < 4.78 is 40.2. The highest BCUT2D eigenvalue weighted by atomic mass is 19.4. The highest BCUT2D eigenvalue weighted by Gasteiger charge is 2.31. The Bertz CT molecular complexity index is 794. The molecule has 0 radical (unpaired) electrons. The molecule has 2 aromatic rings. The second-order valence-electron chi connectivity index (χ2n) is 6.37. The van der Waals surface area contributed by atoms with Gasteiger partial charge in [-0.05, 0) is 24.7 Å². The predicted octanol–water partition coefficient (Wildman–Crippen LogP) is 2.44. The van der Waals surface area contributed by atoms with Gasteiger partial charge >= 0.3 is 12.2 Å². The highest BCUT2D eigenvalue weighted by Crippen LogP contribution is 2.31. The number of carbonyl (C=O) groups is 1. The van der Waals surface area contributed by atoms with E-state index in [4.69, 9.17) is 0 Å². The summed E-state index contributed by atoms with van der Waals surface area (Å²) in [5.74, 6) is 0.514. The third-order valence-corrected chi connectivity index (χ3v) is 4.81. The van der Waals surface area contributed by atoms with Crippen LogP contribution in [0.1, 0.15) is 18.3 Å². The van der Waals surface area contributed by atoms with Gasteiger partial charge in [0, 0.05) is 33.2 Å². The van der Waals surface area contributed by atoms with Crippen LogP contribution in [0.5, 0.6) is 0 Å². The van der Waals surface area contributed by atoms with Crippen molar-refractivity contribution in [3.8, 4) is 0 Å². The van der Waals surface area contributed by atoms with Crippen molar-refractivity contribution in [2.24, 2.45) is 7.05 Å². The monoisotopic (exact) mass is 369 g/mol. The van der Waals surface area contributed by atoms with E-state index in [1.165, 1.54) is 6.07 Å². The van der Waals surface area contributed by atoms with Crippen LogP contribution < -0.4 is 5.32 Å². The Kier molecular flexibility index (Phi) is 5.08. The minimum Gasteiger partial charge on any atom is -0.331 e. The summed E-state index contributed by atoms with van der Waals surface area (Å²) in [5.41, 5.74) is 0.134. The Morgan fingerprint density at radius 3 is 2.54 bits per heavy atom. The maximum Gasteiger partial charge on any atom is 0.416 e. The van der Waals surface area contributed by atoms with Crippen LogP contribution in [-0.4, -0.2) is 58.1 Å². The normalized spacial score (nSPS) is 16.3. The van der Waals surface area contributed by atoms with Crippen LogP contribution in [0.3, 0.4) is 0 Å². The van der Waals surface area contributed by atoms with E-state index < -0.39 is 11.7 Å². The fraction of sp³-hybridized carbons (Fsp3) is 0.529. The number of piperazine rings is 1. The Balaban J connectivity index is 1.67. The first kappa shape index (κ1) is 18.5. The quantitative estimate of drug-likeness (QED) is 0.904. The molecular weight excluding hydrogens is 347 g/mol. The van der Waals surface area contributed by atoms with Gasteiger partial charge in [-0.3, -0.25) is 0 Å². The number of aromatic nitrogens is 2. The van der Waals surface area contributed by atoms with Crippen LogP contribution in [0.4, 0.5) is 18.0 Å². The van der Waals surface area contributed by atoms with Gasteiger partial charge in [0.15, 0.2) is 0 Å². The molecule has 3 rings (SSSR count). The lowest BCUT2D eigenvalue weighted by Crippen LogP contribution is -2.51. The number of hydrogen-bond donors (Lipinski definition) is 1. The van der Waals surface area contributed by atoms with E-state index in [0.29, 0.717) is 24.4 Å². The Morgan fingerprint density at radius 2 is 1.92 bits per heavy atom. The van der Waals surface area contributed by atoms with Crippen LogP contribution >= 0.6 is 0 Å². The molecule has 1 aliphatic rings. The summed E-state index contributed by atoms with van der Waals surface area (Å²) in [6, 6.07) is 3.30. The number of rotatable bonds is 3. The fourth-order valence-electron chi connectivity index (χ4n) is 3.12. The number of halogens is 3. The standard InChI is InChI=1S/C17H22F3N5O/c1-3-24-6-8-25(9-7-24)16(26)21-11-15-22-13-10-12(17(18,19)20)4-5-14(13)23(15)2/h4-5,10H,3,6-9,11H2,1-2H3,(H,21,26). The van der Waals surface area contributed by atoms with E-state index in [-0.39, 0.29) is 18.1 Å². The zero-order chi connectivity index (χ0) is 18.9. The van der Waals surface area contributed by atoms with Crippen molar-refractivity contribution in [3.05, 3.63) is 29.6 Å². The minimum atomic E-state index is -4.40. The smallest absolute Gasteiger partial charge is 0.331 e. The molecule has 0 aliphatic carbocycles. The first-order valence-corrected chi connectivity index (χ1v) is 8.57. The van der Waals surface area contributed by atoms with Crippen molar-refractivity contribution in [1.29, 1.82) is 0 Å². The van der Waals surface area contributed by atoms with Gasteiger partial charge in [-0.1, -0.05) is 6.92 Å². The average Bonchev–Trinajstić information content (AvgIpc) is 2.94. The number of amides is 2. The van der Waals surface area contributed by atoms with Crippen molar-refractivity contribution in [2.45, 2.75) is 19.6 Å². The van der Waals surface area contributed by atoms with Crippen LogP contribution in [0.15, 0.2) is 18.2 Å². The summed E-state index contributed by atoms with van der Waals surface area (Å²) >= 11 is 0. The van der Waals surface area contributed by atoms with Gasteiger partial charge in [0.1, 0.15) is 5.82 Å². The summed E-state index contributed by atoms with van der Waals surface area (Å²) in [6.07, 6.45) is -4.40. The number of imidazole rings is 1. The van der Waals surface area contributed by atoms with Crippen molar-refractivity contribution in [3.63, 3.8) is 0 Å². The lowest BCUT2D eigenvalue weighted by molar-refractivity contribution is -0.137. The van der Waals surface area contributed by atoms with Crippen LogP contribution in [0.2, 0.25) is 0 Å². The number of benzene rings is 1. The molecule has 1 aliphatic heterocycles. The molecule has 2 amide bonds. The summed E-state index contributed by atoms with van der Waals surface area (Å²) in [4.78, 5) is 20.6. The van der Waals surface area contributed by atoms with Crippen molar-refractivity contribution < 1.29 is 18.0 Å². The topological polar surface area (TPSA) is 53.4 Å². The number of fused-ring (bicyclic) bond motifs is 1. The molecule has 9 heteroatoms. The van der Waals surface area contributed by atoms with Crippen molar-refractivity contribution in [1.82, 2.24) is 24.7 Å². The number of likely N-dealkylation sites (N-methyl/N-ethyl adjacent to an activating group) is 1. The lowest BCUT2D eigenvalue weighted by atomic mass is 10.2. The largest absolute Gasteiger partial charge is 0.416 e. The Morgan fingerprint density at radius 1 is 1.23 bits per heavy atom. The molecule has 1 aromatic carbocycles. The molecule has 6 nitrogen and oxygen atoms in total. The van der Waals surface area contributed by atoms with E-state index in [2.05, 4.69) is 22.1 Å². The first-order chi connectivity index (χ1) is 12.3. The van der Waals surface area contributed by atoms with Gasteiger partial charge < -0.3 is 19.7 Å². The lowest BCUT2D eigenvalue weighted by Gasteiger charge is -2.33. The number of nitrogens with one attached hydrogen (secondary N) is 1. The fourth-order valence-corrected chi connectivity index (χ4v) is 3.12. The summed E-state index contributed by atoms with van der Waals surface area (Å²) in [5, 5.41) is 2.81. The molecule has 0 spiro atoms. The van der Waals surface area contributed by atoms with Crippen LogP contribution in [-0.2, 0) is 19.8 Å². The number of carbonyl (C=O) groups excluding carboxylic acids is 1. The molecule has 26 heavy (non-hydrogen) atoms. The number of nitrogens with zero attached hydrogens (tertiary/aromatic N) is 4. The molecule has 2 heterocycles. The van der Waals surface area contributed by atoms with Crippen LogP contribution in [0.25, 0.3) is 11.0 Å². The molecule has 1 N–H and O–H groups in total. The van der Waals surface area contributed by atoms with Gasteiger partial charge in [0.25, 0.3) is 0 Å². The van der Waals surface area contributed by atoms with E-state index in [9.17, 15) is 18.0 Å². The van der Waals surface area contributed by atoms with E-state index in [1.54, 1.807) is 16.5 Å². The molecule has 0 saturated carbocycles. The van der Waals surface area contributed by atoms with Gasteiger partial charge in [-0.15, -0.1) is 0 Å². The first-order valence-electron chi connectivity index (χ1n) is 8.57. The SMILES string of the molecule is CCN1CCN(C(=O)NCc2nc3cc(C(F)(F)F)ccc3n2C)CC1. The van der Waals surface area contributed by atoms with Crippen molar-refractivity contribution in [2.75, 3.05) is 32.7 Å². The van der Waals surface area contributed by atoms with Gasteiger partial charge in [0.2, 0.25) is 0 Å². The highest BCUT2D eigenvalue weighted by molar-refractivity contribution is 5.77. The Hall–Kier alpha value is -2.29. The molecule has 1 aromatic heterocycles. The summed E-state index contributed by atoms with van der Waals surface area (Å²) in [7, 11) is 1.73. The van der Waals surface area contributed by atoms with E-state index in [0.717, 1.165) is 31.8 Å². The van der Waals surface area contributed by atoms with Gasteiger partial charge in [-0.2, -0.15) is 13.2 Å². The molecule has 0 unspecified atom stereocenters. The zero-order valence-corrected chi connectivity index (χ0v) is 14.8. The molecule has 0 bridgehead atoms. The average molecular weight is 369 g/mol. The van der Waals surface area contributed by atoms with Gasteiger partial charge in [0.05, 0.1) is 23.1 Å². The molecule has 1 fully saturated rings. The summed E-state index contributed by atoms with van der Waals surface area (Å²) in [6.45, 7) is 6.24. The van der Waals surface area contributed by atoms with Crippen molar-refractivity contribution >= 4 is 17.1 Å². The maximum absolute atomic E-state index is 12.8. The van der Waals surface area contributed by atoms with Crippen LogP contribution in [0, 0.1) is 0 Å². The molecule has 0 atom stereocenters. The molecular formula is C17H22F3N5O. The third kappa shape index (κ3) is 3.77.